The quantitative estimate of drug-likeness (QED) is 0.478. The number of ether oxygens (including phenoxy) is 1. The first-order valence-corrected chi connectivity index (χ1v) is 12.3. The maximum atomic E-state index is 6.56. The summed E-state index contributed by atoms with van der Waals surface area (Å²) in [5, 5.41) is 3.30. The number of nitrogens with zero attached hydrogens (tertiary/aromatic N) is 7. The molecule has 1 fully saturated rings. The lowest BCUT2D eigenvalue weighted by Crippen LogP contribution is -2.37. The van der Waals surface area contributed by atoms with Crippen LogP contribution in [0.4, 0.5) is 34.6 Å². The summed E-state index contributed by atoms with van der Waals surface area (Å²) in [7, 11) is 5.88. The number of nitrogens with one attached hydrogen (secondary N) is 1. The van der Waals surface area contributed by atoms with E-state index in [2.05, 4.69) is 69.0 Å². The van der Waals surface area contributed by atoms with Crippen LogP contribution in [0.25, 0.3) is 0 Å². The Hall–Kier alpha value is -3.66. The summed E-state index contributed by atoms with van der Waals surface area (Å²) in [5.74, 6) is 1.68. The van der Waals surface area contributed by atoms with Crippen molar-refractivity contribution in [3.8, 4) is 5.75 Å². The molecule has 3 aromatic rings. The van der Waals surface area contributed by atoms with Crippen LogP contribution in [0.1, 0.15) is 32.4 Å². The van der Waals surface area contributed by atoms with E-state index in [1.54, 1.807) is 7.11 Å². The molecule has 0 amide bonds. The van der Waals surface area contributed by atoms with Gasteiger partial charge in [0.2, 0.25) is 11.9 Å². The average molecular weight is 490 g/mol. The smallest absolute Gasteiger partial charge is 0.234 e. The molecule has 36 heavy (non-hydrogen) atoms. The van der Waals surface area contributed by atoms with Crippen LogP contribution in [0.15, 0.2) is 36.8 Å². The molecule has 1 saturated heterocycles. The largest absolute Gasteiger partial charge is 0.494 e. The molecule has 0 bridgehead atoms. The maximum Gasteiger partial charge on any atom is 0.234 e. The summed E-state index contributed by atoms with van der Waals surface area (Å²) in [6.45, 7) is 7.06. The van der Waals surface area contributed by atoms with Crippen molar-refractivity contribution in [2.24, 2.45) is 0 Å². The zero-order chi connectivity index (χ0) is 25.4. The molecular weight excluding hydrogens is 454 g/mol. The number of anilines is 6. The van der Waals surface area contributed by atoms with Crippen LogP contribution in [-0.2, 0) is 5.41 Å². The number of hydrogen-bond acceptors (Lipinski definition) is 10. The normalized spacial score (nSPS) is 18.6. The van der Waals surface area contributed by atoms with Crippen molar-refractivity contribution >= 4 is 34.6 Å². The molecule has 0 saturated carbocycles. The van der Waals surface area contributed by atoms with E-state index in [9.17, 15) is 0 Å². The fourth-order valence-electron chi connectivity index (χ4n) is 5.33. The van der Waals surface area contributed by atoms with Crippen molar-refractivity contribution < 1.29 is 4.74 Å². The third-order valence-corrected chi connectivity index (χ3v) is 6.93. The second kappa shape index (κ2) is 9.42. The van der Waals surface area contributed by atoms with E-state index in [1.165, 1.54) is 6.33 Å². The third-order valence-electron chi connectivity index (χ3n) is 6.93. The van der Waals surface area contributed by atoms with Crippen LogP contribution in [0, 0.1) is 0 Å². The molecular formula is C26H35N9O. The minimum atomic E-state index is -0.107. The van der Waals surface area contributed by atoms with Gasteiger partial charge in [-0.1, -0.05) is 13.8 Å². The first-order chi connectivity index (χ1) is 17.3. The van der Waals surface area contributed by atoms with Crippen molar-refractivity contribution in [3.63, 3.8) is 0 Å². The molecule has 10 nitrogen and oxygen atoms in total. The highest BCUT2D eigenvalue weighted by Crippen LogP contribution is 2.42. The molecule has 1 aromatic carbocycles. The molecule has 5 rings (SSSR count). The Kier molecular flexibility index (Phi) is 6.29. The summed E-state index contributed by atoms with van der Waals surface area (Å²) in [4.78, 5) is 24.8. The number of benzene rings is 1. The molecule has 10 heteroatoms. The van der Waals surface area contributed by atoms with E-state index in [-0.39, 0.29) is 5.41 Å². The number of fused-ring (bicyclic) bond motifs is 1. The predicted octanol–water partition coefficient (Wildman–Crippen LogP) is 3.56. The maximum absolute atomic E-state index is 6.56. The molecule has 4 heterocycles. The van der Waals surface area contributed by atoms with Gasteiger partial charge in [-0.2, -0.15) is 4.98 Å². The summed E-state index contributed by atoms with van der Waals surface area (Å²) in [5.41, 5.74) is 10.9. The molecule has 2 aliphatic heterocycles. The predicted molar refractivity (Wildman–Crippen MR) is 144 cm³/mol. The SMILES string of the molecule is COc1cc(N2CCC[C@@H]2CN(C)C)c(N)cc1Nc1ncnc(N2CC(C)(C)c3ncccc32)n1. The van der Waals surface area contributed by atoms with Crippen LogP contribution in [-0.4, -0.2) is 71.7 Å². The van der Waals surface area contributed by atoms with Gasteiger partial charge in [0.1, 0.15) is 12.1 Å². The number of likely N-dealkylation sites (N-methyl/N-ethyl adjacent to an activating group) is 1. The Morgan fingerprint density at radius 3 is 2.81 bits per heavy atom. The van der Waals surface area contributed by atoms with E-state index >= 15 is 0 Å². The lowest BCUT2D eigenvalue weighted by molar-refractivity contribution is 0.372. The van der Waals surface area contributed by atoms with Gasteiger partial charge in [-0.05, 0) is 45.1 Å². The number of nitrogens with two attached hydrogens (primary N) is 1. The molecule has 0 unspecified atom stereocenters. The summed E-state index contributed by atoms with van der Waals surface area (Å²) in [6, 6.07) is 8.34. The lowest BCUT2D eigenvalue weighted by Gasteiger charge is -2.30. The highest BCUT2D eigenvalue weighted by molar-refractivity contribution is 5.80. The van der Waals surface area contributed by atoms with Crippen LogP contribution in [0.3, 0.4) is 0 Å². The molecule has 2 aliphatic rings. The fraction of sp³-hybridized carbons (Fsp3) is 0.462. The number of nitrogen functional groups attached to an aromatic ring is 1. The topological polar surface area (TPSA) is 109 Å². The van der Waals surface area contributed by atoms with Crippen molar-refractivity contribution in [1.82, 2.24) is 24.8 Å². The number of pyridine rings is 1. The fourth-order valence-corrected chi connectivity index (χ4v) is 5.33. The van der Waals surface area contributed by atoms with Crippen molar-refractivity contribution in [2.75, 3.05) is 61.7 Å². The zero-order valence-corrected chi connectivity index (χ0v) is 21.7. The zero-order valence-electron chi connectivity index (χ0n) is 21.7. The second-order valence-corrected chi connectivity index (χ2v) is 10.4. The van der Waals surface area contributed by atoms with Crippen molar-refractivity contribution in [1.29, 1.82) is 0 Å². The molecule has 3 N–H and O–H groups in total. The van der Waals surface area contributed by atoms with Gasteiger partial charge in [0, 0.05) is 43.4 Å². The van der Waals surface area contributed by atoms with Gasteiger partial charge < -0.3 is 30.5 Å². The first-order valence-electron chi connectivity index (χ1n) is 12.3. The van der Waals surface area contributed by atoms with E-state index < -0.39 is 0 Å². The molecule has 0 spiro atoms. The molecule has 190 valence electrons. The highest BCUT2D eigenvalue weighted by atomic mass is 16.5. The minimum Gasteiger partial charge on any atom is -0.494 e. The van der Waals surface area contributed by atoms with Crippen LogP contribution in [0.2, 0.25) is 0 Å². The molecule has 0 aliphatic carbocycles. The number of hydrogen-bond donors (Lipinski definition) is 2. The van der Waals surface area contributed by atoms with Crippen LogP contribution < -0.4 is 25.6 Å². The van der Waals surface area contributed by atoms with Crippen LogP contribution >= 0.6 is 0 Å². The second-order valence-electron chi connectivity index (χ2n) is 10.4. The van der Waals surface area contributed by atoms with Gasteiger partial charge in [-0.15, -0.1) is 0 Å². The van der Waals surface area contributed by atoms with E-state index in [1.807, 2.05) is 24.4 Å². The van der Waals surface area contributed by atoms with E-state index in [4.69, 9.17) is 15.5 Å². The number of aromatic nitrogens is 4. The monoisotopic (exact) mass is 489 g/mol. The Labute approximate surface area is 212 Å². The van der Waals surface area contributed by atoms with Gasteiger partial charge in [-0.25, -0.2) is 9.97 Å². The highest BCUT2D eigenvalue weighted by Gasteiger charge is 2.38. The lowest BCUT2D eigenvalue weighted by atomic mass is 9.91. The Morgan fingerprint density at radius 2 is 2.03 bits per heavy atom. The Morgan fingerprint density at radius 1 is 1.19 bits per heavy atom. The van der Waals surface area contributed by atoms with Gasteiger partial charge in [0.15, 0.2) is 0 Å². The standard InChI is InChI=1S/C26H35N9O/c1-26(2)15-35(20-9-6-10-28-23(20)26)25-30-16-29-24(32-25)31-19-12-18(27)21(13-22(19)36-5)34-11-7-8-17(34)14-33(3)4/h6,9-10,12-13,16-17H,7-8,11,14-15,27H2,1-5H3,(H,29,30,31,32)/t17-/m1/s1. The van der Waals surface area contributed by atoms with E-state index in [0.29, 0.717) is 35.1 Å². The first kappa shape index (κ1) is 24.1. The Bertz CT molecular complexity index is 1250. The summed E-state index contributed by atoms with van der Waals surface area (Å²) >= 11 is 0. The van der Waals surface area contributed by atoms with Crippen molar-refractivity contribution in [3.05, 3.63) is 42.5 Å². The van der Waals surface area contributed by atoms with E-state index in [0.717, 1.165) is 49.5 Å². The third kappa shape index (κ3) is 4.48. The van der Waals surface area contributed by atoms with Crippen molar-refractivity contribution in [2.45, 2.75) is 38.1 Å². The molecule has 1 atom stereocenters. The summed E-state index contributed by atoms with van der Waals surface area (Å²) < 4.78 is 5.75. The Balaban J connectivity index is 1.42. The van der Waals surface area contributed by atoms with Gasteiger partial charge in [0.25, 0.3) is 0 Å². The summed E-state index contributed by atoms with van der Waals surface area (Å²) in [6.07, 6.45) is 5.65. The van der Waals surface area contributed by atoms with Gasteiger partial charge >= 0.3 is 0 Å². The van der Waals surface area contributed by atoms with Gasteiger partial charge in [0.05, 0.1) is 35.6 Å². The number of methoxy groups -OCH3 is 1. The molecule has 2 aromatic heterocycles. The molecule has 0 radical (unpaired) electrons. The van der Waals surface area contributed by atoms with Crippen LogP contribution in [0.5, 0.6) is 5.75 Å². The average Bonchev–Trinajstić information content (AvgIpc) is 3.41. The number of rotatable bonds is 7. The minimum absolute atomic E-state index is 0.107. The van der Waals surface area contributed by atoms with Gasteiger partial charge in [-0.3, -0.25) is 4.98 Å².